The predicted molar refractivity (Wildman–Crippen MR) is 217 cm³/mol. The minimum atomic E-state index is -3.15. The Morgan fingerprint density at radius 1 is 0.943 bits per heavy atom. The molecule has 0 N–H and O–H groups in total. The molecule has 4 aromatic rings. The minimum Gasteiger partial charge on any atom is -0.457 e. The first-order valence-corrected chi connectivity index (χ1v) is 23.3. The number of carbonyl (C=O) groups is 3. The molecule has 0 bridgehead atoms. The number of likely N-dealkylation sites (tertiary alicyclic amines) is 1. The lowest BCUT2D eigenvalue weighted by molar-refractivity contribution is -0.156. The van der Waals surface area contributed by atoms with Gasteiger partial charge in [0, 0.05) is 32.5 Å². The van der Waals surface area contributed by atoms with Crippen molar-refractivity contribution in [1.29, 1.82) is 0 Å². The van der Waals surface area contributed by atoms with Crippen LogP contribution in [0.2, 0.25) is 18.1 Å². The average molecular weight is 750 g/mol. The second-order valence-corrected chi connectivity index (χ2v) is 23.7. The number of rotatable bonds is 13. The highest BCUT2D eigenvalue weighted by Crippen LogP contribution is 2.50. The van der Waals surface area contributed by atoms with Gasteiger partial charge in [-0.3, -0.25) is 9.59 Å². The normalized spacial score (nSPS) is 18.1. The Kier molecular flexibility index (Phi) is 11.3. The number of hydrogen-bond donors (Lipinski definition) is 0. The number of β-lactam (4-membered cyclic amide) rings is 1. The van der Waals surface area contributed by atoms with E-state index in [4.69, 9.17) is 14.1 Å². The monoisotopic (exact) mass is 749 g/mol. The SMILES string of the molecule is C=CCOC(=O)C(N1C(=O)[C@H]([C@@H](C)O[Si](C)(C)C(C)(C)C)[C@H]1CC(=O)c1cn2c(n1)CCCC2)=P(c1ccccc1)(c1ccccc1)c1ccccc1. The van der Waals surface area contributed by atoms with Crippen molar-refractivity contribution in [2.75, 3.05) is 6.61 Å². The summed E-state index contributed by atoms with van der Waals surface area (Å²) in [6, 6.07) is 29.0. The van der Waals surface area contributed by atoms with Crippen molar-refractivity contribution in [2.45, 2.75) is 90.2 Å². The Bertz CT molecular complexity index is 1890. The van der Waals surface area contributed by atoms with Gasteiger partial charge in [-0.2, -0.15) is 0 Å². The number of carbonyl (C=O) groups excluding carboxylic acids is 3. The van der Waals surface area contributed by atoms with Gasteiger partial charge in [-0.1, -0.05) is 124 Å². The molecular formula is C43H52N3O5PSi. The van der Waals surface area contributed by atoms with Crippen molar-refractivity contribution in [2.24, 2.45) is 5.92 Å². The Morgan fingerprint density at radius 3 is 1.98 bits per heavy atom. The molecule has 1 fully saturated rings. The van der Waals surface area contributed by atoms with Gasteiger partial charge >= 0.3 is 5.97 Å². The first kappa shape index (κ1) is 38.4. The molecule has 1 amide bonds. The average Bonchev–Trinajstić information content (AvgIpc) is 3.59. The van der Waals surface area contributed by atoms with Crippen molar-refractivity contribution >= 4 is 54.2 Å². The molecule has 2 aliphatic heterocycles. The molecule has 3 atom stereocenters. The van der Waals surface area contributed by atoms with E-state index in [1.165, 1.54) is 6.08 Å². The highest BCUT2D eigenvalue weighted by Gasteiger charge is 2.57. The maximum Gasteiger partial charge on any atom is 0.356 e. The molecule has 0 aliphatic carbocycles. The number of ketones is 1. The summed E-state index contributed by atoms with van der Waals surface area (Å²) in [5, 5.41) is 2.56. The van der Waals surface area contributed by atoms with E-state index < -0.39 is 39.2 Å². The molecule has 0 saturated carbocycles. The summed E-state index contributed by atoms with van der Waals surface area (Å²) in [6.45, 7) is 14.2. The van der Waals surface area contributed by atoms with Gasteiger partial charge in [-0.25, -0.2) is 9.78 Å². The molecule has 6 rings (SSSR count). The topological polar surface area (TPSA) is 90.7 Å². The molecule has 8 nitrogen and oxygen atoms in total. The Morgan fingerprint density at radius 2 is 1.49 bits per heavy atom. The molecule has 2 aliphatic rings. The fraction of sp³-hybridized carbons (Fsp3) is 0.372. The number of esters is 1. The van der Waals surface area contributed by atoms with Gasteiger partial charge in [-0.05, 0) is 53.8 Å². The molecule has 0 radical (unpaired) electrons. The zero-order valence-electron chi connectivity index (χ0n) is 31.8. The third-order valence-corrected chi connectivity index (χ3v) is 20.0. The van der Waals surface area contributed by atoms with E-state index in [0.717, 1.165) is 47.5 Å². The number of nitrogens with zero attached hydrogens (tertiary/aromatic N) is 3. The van der Waals surface area contributed by atoms with Gasteiger partial charge in [0.05, 0.1) is 18.1 Å². The second-order valence-electron chi connectivity index (χ2n) is 15.6. The van der Waals surface area contributed by atoms with Crippen LogP contribution in [-0.4, -0.2) is 64.6 Å². The summed E-state index contributed by atoms with van der Waals surface area (Å²) < 4.78 is 14.9. The van der Waals surface area contributed by atoms with E-state index in [-0.39, 0.29) is 35.2 Å². The lowest BCUT2D eigenvalue weighted by atomic mass is 9.80. The smallest absolute Gasteiger partial charge is 0.356 e. The summed E-state index contributed by atoms with van der Waals surface area (Å²) >= 11 is 0. The van der Waals surface area contributed by atoms with Crippen LogP contribution < -0.4 is 15.9 Å². The number of imidazole rings is 1. The van der Waals surface area contributed by atoms with Crippen molar-refractivity contribution in [3.05, 3.63) is 121 Å². The van der Waals surface area contributed by atoms with E-state index in [9.17, 15) is 9.59 Å². The zero-order valence-corrected chi connectivity index (χ0v) is 33.7. The minimum absolute atomic E-state index is 0.0192. The number of benzene rings is 3. The predicted octanol–water partition coefficient (Wildman–Crippen LogP) is 6.88. The summed E-state index contributed by atoms with van der Waals surface area (Å²) in [6.07, 6.45) is 5.76. The van der Waals surface area contributed by atoms with Crippen LogP contribution in [0.1, 0.15) is 63.3 Å². The fourth-order valence-electron chi connectivity index (χ4n) is 7.48. The second kappa shape index (κ2) is 15.6. The van der Waals surface area contributed by atoms with Crippen LogP contribution in [0.15, 0.2) is 110 Å². The third kappa shape index (κ3) is 7.31. The maximum atomic E-state index is 15.1. The highest BCUT2D eigenvalue weighted by atomic mass is 31.2. The van der Waals surface area contributed by atoms with Gasteiger partial charge < -0.3 is 18.6 Å². The number of fused-ring (bicyclic) bond motifs is 1. The van der Waals surface area contributed by atoms with E-state index in [2.05, 4.69) is 45.0 Å². The lowest BCUT2D eigenvalue weighted by Crippen LogP contribution is -2.69. The van der Waals surface area contributed by atoms with Crippen LogP contribution in [0.4, 0.5) is 0 Å². The van der Waals surface area contributed by atoms with E-state index in [0.29, 0.717) is 5.69 Å². The molecule has 3 heterocycles. The van der Waals surface area contributed by atoms with Crippen LogP contribution in [0.5, 0.6) is 0 Å². The Balaban J connectivity index is 1.62. The Hall–Kier alpha value is -4.30. The fourth-order valence-corrected chi connectivity index (χ4v) is 13.3. The van der Waals surface area contributed by atoms with Gasteiger partial charge in [0.25, 0.3) is 0 Å². The first-order valence-electron chi connectivity index (χ1n) is 18.6. The quantitative estimate of drug-likeness (QED) is 0.0370. The maximum absolute atomic E-state index is 15.1. The molecule has 278 valence electrons. The zero-order chi connectivity index (χ0) is 38.0. The number of ether oxygens (including phenoxy) is 1. The summed E-state index contributed by atoms with van der Waals surface area (Å²) in [5.41, 5.74) is 0.634. The third-order valence-electron chi connectivity index (χ3n) is 11.1. The van der Waals surface area contributed by atoms with Crippen molar-refractivity contribution in [3.63, 3.8) is 0 Å². The summed E-state index contributed by atoms with van der Waals surface area (Å²) in [5.74, 6) is -0.794. The molecule has 53 heavy (non-hydrogen) atoms. The molecular weight excluding hydrogens is 698 g/mol. The highest BCUT2D eigenvalue weighted by molar-refractivity contribution is 7.96. The molecule has 10 heteroatoms. The van der Waals surface area contributed by atoms with E-state index in [1.54, 1.807) is 4.90 Å². The van der Waals surface area contributed by atoms with Gasteiger partial charge in [-0.15, -0.1) is 0 Å². The van der Waals surface area contributed by atoms with Crippen molar-refractivity contribution in [1.82, 2.24) is 14.5 Å². The summed E-state index contributed by atoms with van der Waals surface area (Å²) in [4.78, 5) is 50.8. The van der Waals surface area contributed by atoms with Crippen LogP contribution in [0.25, 0.3) is 0 Å². The van der Waals surface area contributed by atoms with Crippen LogP contribution in [0, 0.1) is 5.92 Å². The standard InChI is InChI=1S/C43H52N3O5PSi/c1-8-28-50-42(49)41(52(32-20-12-9-13-21-32,33-22-14-10-15-23-33)34-24-16-11-17-25-34)46-36(29-37(47)35-30-45-27-19-18-26-38(45)44-35)39(40(46)48)31(2)51-53(6,7)43(3,4)5/h8-17,20-25,30-31,36,39H,1,18-19,26-29H2,2-7H3/t31-,36-,39-/m1/s1. The molecule has 3 aromatic carbocycles. The van der Waals surface area contributed by atoms with Crippen LogP contribution in [-0.2, 0) is 31.7 Å². The number of hydrogen-bond acceptors (Lipinski definition) is 6. The number of amides is 1. The Labute approximate surface area is 315 Å². The lowest BCUT2D eigenvalue weighted by Gasteiger charge is -2.52. The van der Waals surface area contributed by atoms with Crippen LogP contribution >= 0.6 is 6.89 Å². The first-order chi connectivity index (χ1) is 25.3. The van der Waals surface area contributed by atoms with Crippen LogP contribution in [0.3, 0.4) is 0 Å². The van der Waals surface area contributed by atoms with Gasteiger partial charge in [0.15, 0.2) is 14.1 Å². The van der Waals surface area contributed by atoms with Crippen molar-refractivity contribution < 1.29 is 23.5 Å². The number of aryl methyl sites for hydroxylation is 2. The van der Waals surface area contributed by atoms with Gasteiger partial charge in [0.2, 0.25) is 5.91 Å². The molecule has 1 saturated heterocycles. The molecule has 0 unspecified atom stereocenters. The molecule has 1 aromatic heterocycles. The summed E-state index contributed by atoms with van der Waals surface area (Å²) in [7, 11) is -2.34. The number of Topliss-reactive ketones (excluding diaryl/α,β-unsaturated/α-hetero) is 1. The van der Waals surface area contributed by atoms with Crippen molar-refractivity contribution in [3.8, 4) is 0 Å². The van der Waals surface area contributed by atoms with E-state index >= 15 is 4.79 Å². The van der Waals surface area contributed by atoms with Gasteiger partial charge in [0.1, 0.15) is 23.5 Å². The largest absolute Gasteiger partial charge is 0.457 e. The van der Waals surface area contributed by atoms with E-state index in [1.807, 2.05) is 104 Å². The molecule has 0 spiro atoms. The number of aromatic nitrogens is 2.